The SMILES string of the molecule is CC1(C)CC(=NOCCCCC(O)C=CC(=O)O)CC(C)(C)N1O. The van der Waals surface area contributed by atoms with Gasteiger partial charge in [-0.1, -0.05) is 5.16 Å². The summed E-state index contributed by atoms with van der Waals surface area (Å²) in [6.07, 6.45) is 4.70. The van der Waals surface area contributed by atoms with E-state index in [1.165, 1.54) is 11.1 Å². The van der Waals surface area contributed by atoms with E-state index in [4.69, 9.17) is 9.94 Å². The van der Waals surface area contributed by atoms with Gasteiger partial charge < -0.3 is 20.3 Å². The van der Waals surface area contributed by atoms with Crippen LogP contribution in [0.3, 0.4) is 0 Å². The van der Waals surface area contributed by atoms with Crippen LogP contribution in [0, 0.1) is 0 Å². The number of aliphatic hydroxyl groups excluding tert-OH is 1. The molecule has 1 heterocycles. The Morgan fingerprint density at radius 2 is 1.88 bits per heavy atom. The Morgan fingerprint density at radius 3 is 2.42 bits per heavy atom. The molecule has 0 bridgehead atoms. The molecule has 1 saturated heterocycles. The lowest BCUT2D eigenvalue weighted by Crippen LogP contribution is -2.59. The molecule has 0 amide bonds. The third-order valence-corrected chi connectivity index (χ3v) is 4.06. The second-order valence-electron chi connectivity index (χ2n) is 7.54. The van der Waals surface area contributed by atoms with E-state index in [0.717, 1.165) is 24.6 Å². The van der Waals surface area contributed by atoms with Gasteiger partial charge in [0.2, 0.25) is 0 Å². The van der Waals surface area contributed by atoms with Gasteiger partial charge in [0, 0.05) is 30.0 Å². The van der Waals surface area contributed by atoms with Crippen LogP contribution < -0.4 is 0 Å². The minimum atomic E-state index is -1.06. The number of hydrogen-bond donors (Lipinski definition) is 3. The Hall–Kier alpha value is -1.44. The van der Waals surface area contributed by atoms with E-state index in [-0.39, 0.29) is 11.1 Å². The zero-order valence-corrected chi connectivity index (χ0v) is 15.0. The molecule has 1 aliphatic rings. The molecule has 1 atom stereocenters. The number of carbonyl (C=O) groups is 1. The molecular weight excluding hydrogens is 312 g/mol. The third kappa shape index (κ3) is 6.59. The molecule has 1 rings (SSSR count). The van der Waals surface area contributed by atoms with E-state index in [2.05, 4.69) is 5.16 Å². The Bertz CT molecular complexity index is 465. The van der Waals surface area contributed by atoms with Crippen LogP contribution in [0.4, 0.5) is 0 Å². The standard InChI is InChI=1S/C17H30N2O5/c1-16(2)11-13(12-17(3,4)19(16)23)18-24-10-6-5-7-14(20)8-9-15(21)22/h8-9,14,20,23H,5-7,10-12H2,1-4H3,(H,21,22). The van der Waals surface area contributed by atoms with E-state index in [1.807, 2.05) is 27.7 Å². The lowest BCUT2D eigenvalue weighted by Gasteiger charge is -2.48. The molecule has 0 aliphatic carbocycles. The predicted molar refractivity (Wildman–Crippen MR) is 91.0 cm³/mol. The number of unbranched alkanes of at least 4 members (excludes halogenated alkanes) is 1. The van der Waals surface area contributed by atoms with Gasteiger partial charge in [0.05, 0.1) is 11.8 Å². The van der Waals surface area contributed by atoms with Gasteiger partial charge in [0.1, 0.15) is 6.61 Å². The second kappa shape index (κ2) is 8.60. The summed E-state index contributed by atoms with van der Waals surface area (Å²) in [5, 5.41) is 33.8. The Kier molecular flexibility index (Phi) is 7.38. The van der Waals surface area contributed by atoms with E-state index >= 15 is 0 Å². The molecule has 3 N–H and O–H groups in total. The fraction of sp³-hybridized carbons (Fsp3) is 0.765. The average molecular weight is 342 g/mol. The number of hydroxylamine groups is 2. The van der Waals surface area contributed by atoms with Crippen LogP contribution in [0.1, 0.15) is 59.8 Å². The van der Waals surface area contributed by atoms with Crippen molar-refractivity contribution in [1.29, 1.82) is 0 Å². The first-order valence-corrected chi connectivity index (χ1v) is 8.31. The maximum absolute atomic E-state index is 10.3. The first-order valence-electron chi connectivity index (χ1n) is 8.31. The van der Waals surface area contributed by atoms with Gasteiger partial charge in [-0.25, -0.2) is 4.79 Å². The van der Waals surface area contributed by atoms with Gasteiger partial charge in [0.25, 0.3) is 0 Å². The molecule has 7 heteroatoms. The Balaban J connectivity index is 2.31. The van der Waals surface area contributed by atoms with E-state index < -0.39 is 12.1 Å². The maximum atomic E-state index is 10.3. The summed E-state index contributed by atoms with van der Waals surface area (Å²) >= 11 is 0. The summed E-state index contributed by atoms with van der Waals surface area (Å²) in [6, 6.07) is 0. The number of hydrogen-bond acceptors (Lipinski definition) is 6. The predicted octanol–water partition coefficient (Wildman–Crippen LogP) is 2.57. The number of oxime groups is 1. The molecule has 138 valence electrons. The first kappa shape index (κ1) is 20.6. The number of aliphatic hydroxyl groups is 1. The highest BCUT2D eigenvalue weighted by Crippen LogP contribution is 2.35. The van der Waals surface area contributed by atoms with Crippen molar-refractivity contribution < 1.29 is 25.1 Å². The molecule has 0 aromatic carbocycles. The van der Waals surface area contributed by atoms with Gasteiger partial charge >= 0.3 is 5.97 Å². The molecular formula is C17H30N2O5. The summed E-state index contributed by atoms with van der Waals surface area (Å²) in [7, 11) is 0. The molecule has 1 fully saturated rings. The van der Waals surface area contributed by atoms with Crippen LogP contribution in [0.2, 0.25) is 0 Å². The van der Waals surface area contributed by atoms with Crippen LogP contribution >= 0.6 is 0 Å². The largest absolute Gasteiger partial charge is 0.478 e. The number of carboxylic acid groups (broad SMARTS) is 1. The third-order valence-electron chi connectivity index (χ3n) is 4.06. The summed E-state index contributed by atoms with van der Waals surface area (Å²) in [6.45, 7) is 8.32. The molecule has 0 saturated carbocycles. The van der Waals surface area contributed by atoms with Crippen LogP contribution in [0.5, 0.6) is 0 Å². The van der Waals surface area contributed by atoms with E-state index in [1.54, 1.807) is 0 Å². The van der Waals surface area contributed by atoms with Gasteiger partial charge in [0.15, 0.2) is 0 Å². The second-order valence-corrected chi connectivity index (χ2v) is 7.54. The fourth-order valence-electron chi connectivity index (χ4n) is 3.04. The summed E-state index contributed by atoms with van der Waals surface area (Å²) in [4.78, 5) is 15.7. The number of carboxylic acids is 1. The number of rotatable bonds is 8. The molecule has 7 nitrogen and oxygen atoms in total. The highest BCUT2D eigenvalue weighted by atomic mass is 16.6. The zero-order chi connectivity index (χ0) is 18.4. The Labute approximate surface area is 143 Å². The number of aliphatic carboxylic acids is 1. The zero-order valence-electron chi connectivity index (χ0n) is 15.0. The quantitative estimate of drug-likeness (QED) is 0.356. The highest BCUT2D eigenvalue weighted by molar-refractivity contribution is 5.86. The molecule has 0 aromatic rings. The van der Waals surface area contributed by atoms with Gasteiger partial charge in [-0.2, -0.15) is 5.06 Å². The molecule has 1 aliphatic heterocycles. The van der Waals surface area contributed by atoms with E-state index in [0.29, 0.717) is 25.9 Å². The molecule has 0 radical (unpaired) electrons. The molecule has 0 aromatic heterocycles. The van der Waals surface area contributed by atoms with E-state index in [9.17, 15) is 15.1 Å². The van der Waals surface area contributed by atoms with Crippen molar-refractivity contribution >= 4 is 11.7 Å². The maximum Gasteiger partial charge on any atom is 0.328 e. The van der Waals surface area contributed by atoms with Crippen molar-refractivity contribution in [2.45, 2.75) is 77.0 Å². The van der Waals surface area contributed by atoms with Crippen molar-refractivity contribution in [3.05, 3.63) is 12.2 Å². The minimum absolute atomic E-state index is 0.384. The topological polar surface area (TPSA) is 103 Å². The number of piperidine rings is 1. The smallest absolute Gasteiger partial charge is 0.328 e. The fourth-order valence-corrected chi connectivity index (χ4v) is 3.04. The monoisotopic (exact) mass is 342 g/mol. The summed E-state index contributed by atoms with van der Waals surface area (Å²) < 4.78 is 0. The lowest BCUT2D eigenvalue weighted by atomic mass is 9.81. The van der Waals surface area contributed by atoms with Crippen molar-refractivity contribution in [2.75, 3.05) is 6.61 Å². The van der Waals surface area contributed by atoms with Gasteiger partial charge in [-0.3, -0.25) is 0 Å². The van der Waals surface area contributed by atoms with Crippen LogP contribution in [0.15, 0.2) is 17.3 Å². The molecule has 0 spiro atoms. The van der Waals surface area contributed by atoms with Crippen molar-refractivity contribution in [1.82, 2.24) is 5.06 Å². The van der Waals surface area contributed by atoms with Crippen LogP contribution in [0.25, 0.3) is 0 Å². The van der Waals surface area contributed by atoms with Gasteiger partial charge in [-0.05, 0) is 53.0 Å². The number of nitrogens with zero attached hydrogens (tertiary/aromatic N) is 2. The lowest BCUT2D eigenvalue weighted by molar-refractivity contribution is -0.226. The normalized spacial score (nSPS) is 21.7. The Morgan fingerprint density at radius 1 is 1.29 bits per heavy atom. The van der Waals surface area contributed by atoms with Crippen molar-refractivity contribution in [3.63, 3.8) is 0 Å². The van der Waals surface area contributed by atoms with Crippen molar-refractivity contribution in [3.8, 4) is 0 Å². The van der Waals surface area contributed by atoms with Gasteiger partial charge in [-0.15, -0.1) is 0 Å². The highest BCUT2D eigenvalue weighted by Gasteiger charge is 2.43. The summed E-state index contributed by atoms with van der Waals surface area (Å²) in [5.41, 5.74) is 0.162. The molecule has 24 heavy (non-hydrogen) atoms. The van der Waals surface area contributed by atoms with Crippen LogP contribution in [-0.4, -0.2) is 56.0 Å². The molecule has 1 unspecified atom stereocenters. The average Bonchev–Trinajstić information content (AvgIpc) is 2.45. The summed E-state index contributed by atoms with van der Waals surface area (Å²) in [5.74, 6) is -1.06. The first-order chi connectivity index (χ1) is 11.0. The minimum Gasteiger partial charge on any atom is -0.478 e. The van der Waals surface area contributed by atoms with Crippen molar-refractivity contribution in [2.24, 2.45) is 5.16 Å². The van der Waals surface area contributed by atoms with Crippen LogP contribution in [-0.2, 0) is 9.63 Å².